The van der Waals surface area contributed by atoms with Gasteiger partial charge in [-0.2, -0.15) is 5.10 Å². The number of carboxylic acid groups (broad SMARTS) is 1. The van der Waals surface area contributed by atoms with Gasteiger partial charge in [-0.15, -0.1) is 0 Å². The Morgan fingerprint density at radius 3 is 2.71 bits per heavy atom. The van der Waals surface area contributed by atoms with Gasteiger partial charge in [0.25, 0.3) is 0 Å². The van der Waals surface area contributed by atoms with Crippen LogP contribution in [0.1, 0.15) is 19.8 Å². The van der Waals surface area contributed by atoms with Crippen LogP contribution in [-0.4, -0.2) is 62.3 Å². The Morgan fingerprint density at radius 2 is 2.14 bits per heavy atom. The molecule has 0 bridgehead atoms. The lowest BCUT2D eigenvalue weighted by atomic mass is 10.0. The normalized spacial score (nSPS) is 18.3. The summed E-state index contributed by atoms with van der Waals surface area (Å²) in [5.74, 6) is -0.982. The van der Waals surface area contributed by atoms with E-state index in [1.54, 1.807) is 11.0 Å². The third kappa shape index (κ3) is 4.82. The second-order valence-corrected chi connectivity index (χ2v) is 5.47. The zero-order valence-electron chi connectivity index (χ0n) is 12.1. The molecule has 1 aliphatic heterocycles. The van der Waals surface area contributed by atoms with E-state index in [2.05, 4.69) is 15.4 Å². The molecule has 1 fully saturated rings. The molecule has 1 atom stereocenters. The van der Waals surface area contributed by atoms with Gasteiger partial charge in [-0.1, -0.05) is 6.92 Å². The molecule has 1 aliphatic rings. The lowest BCUT2D eigenvalue weighted by Crippen LogP contribution is -2.47. The number of amides is 1. The number of rotatable bonds is 6. The SMILES string of the molecule is CC(Cn1cncn1)C(=O)NC1CCN(CC(=O)O)CC1. The number of nitrogens with one attached hydrogen (secondary N) is 1. The minimum Gasteiger partial charge on any atom is -0.480 e. The van der Waals surface area contributed by atoms with E-state index in [9.17, 15) is 9.59 Å². The summed E-state index contributed by atoms with van der Waals surface area (Å²) in [6.45, 7) is 3.84. The van der Waals surface area contributed by atoms with Gasteiger partial charge in [0.1, 0.15) is 12.7 Å². The Morgan fingerprint density at radius 1 is 1.43 bits per heavy atom. The first kappa shape index (κ1) is 15.4. The van der Waals surface area contributed by atoms with Crippen LogP contribution >= 0.6 is 0 Å². The summed E-state index contributed by atoms with van der Waals surface area (Å²) in [4.78, 5) is 28.5. The Labute approximate surface area is 123 Å². The van der Waals surface area contributed by atoms with Crippen LogP contribution in [0.3, 0.4) is 0 Å². The van der Waals surface area contributed by atoms with Crippen molar-refractivity contribution in [3.8, 4) is 0 Å². The average molecular weight is 295 g/mol. The molecule has 0 aliphatic carbocycles. The second-order valence-electron chi connectivity index (χ2n) is 5.47. The summed E-state index contributed by atoms with van der Waals surface area (Å²) < 4.78 is 1.64. The maximum atomic E-state index is 12.1. The average Bonchev–Trinajstić information content (AvgIpc) is 2.93. The van der Waals surface area contributed by atoms with Gasteiger partial charge in [-0.05, 0) is 12.8 Å². The smallest absolute Gasteiger partial charge is 0.317 e. The third-order valence-electron chi connectivity index (χ3n) is 3.67. The Balaban J connectivity index is 1.72. The quantitative estimate of drug-likeness (QED) is 0.739. The van der Waals surface area contributed by atoms with Crippen LogP contribution in [0.2, 0.25) is 0 Å². The van der Waals surface area contributed by atoms with Gasteiger partial charge in [0.15, 0.2) is 0 Å². The number of carbonyl (C=O) groups is 2. The molecule has 2 rings (SSSR count). The van der Waals surface area contributed by atoms with Crippen molar-refractivity contribution in [2.75, 3.05) is 19.6 Å². The Kier molecular flexibility index (Phi) is 5.26. The molecule has 1 aromatic rings. The van der Waals surface area contributed by atoms with Gasteiger partial charge in [0, 0.05) is 19.1 Å². The molecule has 1 aromatic heterocycles. The largest absolute Gasteiger partial charge is 0.480 e. The van der Waals surface area contributed by atoms with E-state index in [0.29, 0.717) is 19.6 Å². The minimum atomic E-state index is -0.807. The van der Waals surface area contributed by atoms with Crippen molar-refractivity contribution in [2.24, 2.45) is 5.92 Å². The predicted octanol–water partition coefficient (Wildman–Crippen LogP) is -0.421. The van der Waals surface area contributed by atoms with Gasteiger partial charge >= 0.3 is 5.97 Å². The number of aromatic nitrogens is 3. The number of carbonyl (C=O) groups excluding carboxylic acids is 1. The van der Waals surface area contributed by atoms with Gasteiger partial charge in [-0.3, -0.25) is 19.2 Å². The van der Waals surface area contributed by atoms with E-state index in [1.807, 2.05) is 11.8 Å². The number of aliphatic carboxylic acids is 1. The van der Waals surface area contributed by atoms with E-state index in [0.717, 1.165) is 12.8 Å². The molecule has 1 unspecified atom stereocenters. The topological polar surface area (TPSA) is 100 Å². The molecule has 8 heteroatoms. The highest BCUT2D eigenvalue weighted by Crippen LogP contribution is 2.11. The maximum absolute atomic E-state index is 12.1. The summed E-state index contributed by atoms with van der Waals surface area (Å²) in [5, 5.41) is 15.8. The maximum Gasteiger partial charge on any atom is 0.317 e. The van der Waals surface area contributed by atoms with E-state index < -0.39 is 5.97 Å². The molecule has 2 N–H and O–H groups in total. The molecule has 21 heavy (non-hydrogen) atoms. The van der Waals surface area contributed by atoms with Gasteiger partial charge in [-0.25, -0.2) is 4.98 Å². The fourth-order valence-electron chi connectivity index (χ4n) is 2.46. The van der Waals surface area contributed by atoms with E-state index in [1.165, 1.54) is 6.33 Å². The predicted molar refractivity (Wildman–Crippen MR) is 74.4 cm³/mol. The highest BCUT2D eigenvalue weighted by molar-refractivity contribution is 5.78. The van der Waals surface area contributed by atoms with Crippen LogP contribution in [0.25, 0.3) is 0 Å². The van der Waals surface area contributed by atoms with Crippen molar-refractivity contribution in [1.82, 2.24) is 25.0 Å². The highest BCUT2D eigenvalue weighted by Gasteiger charge is 2.23. The first-order valence-corrected chi connectivity index (χ1v) is 7.11. The van der Waals surface area contributed by atoms with Crippen molar-refractivity contribution in [1.29, 1.82) is 0 Å². The second kappa shape index (κ2) is 7.16. The summed E-state index contributed by atoms with van der Waals surface area (Å²) in [5.41, 5.74) is 0. The summed E-state index contributed by atoms with van der Waals surface area (Å²) in [7, 11) is 0. The summed E-state index contributed by atoms with van der Waals surface area (Å²) in [6, 6.07) is 0.126. The summed E-state index contributed by atoms with van der Waals surface area (Å²) in [6.07, 6.45) is 4.61. The van der Waals surface area contributed by atoms with Crippen LogP contribution in [-0.2, 0) is 16.1 Å². The highest BCUT2D eigenvalue weighted by atomic mass is 16.4. The number of likely N-dealkylation sites (tertiary alicyclic amines) is 1. The molecule has 116 valence electrons. The Bertz CT molecular complexity index is 468. The third-order valence-corrected chi connectivity index (χ3v) is 3.67. The van der Waals surface area contributed by atoms with Gasteiger partial charge in [0.05, 0.1) is 19.0 Å². The zero-order chi connectivity index (χ0) is 15.2. The van der Waals surface area contributed by atoms with Crippen LogP contribution < -0.4 is 5.32 Å². The molecular formula is C13H21N5O3. The molecule has 2 heterocycles. The van der Waals surface area contributed by atoms with Gasteiger partial charge in [0.2, 0.25) is 5.91 Å². The molecule has 1 saturated heterocycles. The zero-order valence-corrected chi connectivity index (χ0v) is 12.1. The fourth-order valence-corrected chi connectivity index (χ4v) is 2.46. The first-order valence-electron chi connectivity index (χ1n) is 7.11. The van der Waals surface area contributed by atoms with Crippen LogP contribution in [0, 0.1) is 5.92 Å². The van der Waals surface area contributed by atoms with Gasteiger partial charge < -0.3 is 10.4 Å². The van der Waals surface area contributed by atoms with Crippen molar-refractivity contribution in [3.63, 3.8) is 0 Å². The molecule has 1 amide bonds. The number of hydrogen-bond acceptors (Lipinski definition) is 5. The molecule has 0 radical (unpaired) electrons. The standard InChI is InChI=1S/C13H21N5O3/c1-10(6-18-9-14-8-15-18)13(21)16-11-2-4-17(5-3-11)7-12(19)20/h8-11H,2-7H2,1H3,(H,16,21)(H,19,20). The van der Waals surface area contributed by atoms with Crippen LogP contribution in [0.4, 0.5) is 0 Å². The van der Waals surface area contributed by atoms with Crippen molar-refractivity contribution >= 4 is 11.9 Å². The Hall–Kier alpha value is -1.96. The minimum absolute atomic E-state index is 0.00202. The monoisotopic (exact) mass is 295 g/mol. The van der Waals surface area contributed by atoms with Crippen molar-refractivity contribution in [3.05, 3.63) is 12.7 Å². The van der Waals surface area contributed by atoms with Crippen molar-refractivity contribution < 1.29 is 14.7 Å². The number of nitrogens with zero attached hydrogens (tertiary/aromatic N) is 4. The fraction of sp³-hybridized carbons (Fsp3) is 0.692. The number of carboxylic acids is 1. The molecule has 0 saturated carbocycles. The van der Waals surface area contributed by atoms with E-state index >= 15 is 0 Å². The van der Waals surface area contributed by atoms with Crippen LogP contribution in [0.15, 0.2) is 12.7 Å². The van der Waals surface area contributed by atoms with Crippen LogP contribution in [0.5, 0.6) is 0 Å². The molecule has 8 nitrogen and oxygen atoms in total. The lowest BCUT2D eigenvalue weighted by molar-refractivity contribution is -0.138. The number of piperidine rings is 1. The lowest BCUT2D eigenvalue weighted by Gasteiger charge is -2.31. The molecule has 0 spiro atoms. The molecular weight excluding hydrogens is 274 g/mol. The van der Waals surface area contributed by atoms with E-state index in [4.69, 9.17) is 5.11 Å². The first-order chi connectivity index (χ1) is 10.0. The number of hydrogen-bond donors (Lipinski definition) is 2. The molecule has 0 aromatic carbocycles. The van der Waals surface area contributed by atoms with E-state index in [-0.39, 0.29) is 24.4 Å². The summed E-state index contributed by atoms with van der Waals surface area (Å²) >= 11 is 0. The van der Waals surface area contributed by atoms with Crippen molar-refractivity contribution in [2.45, 2.75) is 32.4 Å².